The zero-order chi connectivity index (χ0) is 13.9. The SMILES string of the molecule is CCCNC(c1cnc(C)s1)C1CC1c1ccccc1. The number of nitrogens with one attached hydrogen (secondary N) is 1. The predicted octanol–water partition coefficient (Wildman–Crippen LogP) is 4.30. The predicted molar refractivity (Wildman–Crippen MR) is 85.2 cm³/mol. The summed E-state index contributed by atoms with van der Waals surface area (Å²) in [5.74, 6) is 1.44. The molecule has 1 aliphatic carbocycles. The van der Waals surface area contributed by atoms with Crippen molar-refractivity contribution in [1.29, 1.82) is 0 Å². The van der Waals surface area contributed by atoms with E-state index in [9.17, 15) is 0 Å². The summed E-state index contributed by atoms with van der Waals surface area (Å²) in [6.07, 6.45) is 4.53. The molecule has 0 saturated heterocycles. The van der Waals surface area contributed by atoms with E-state index in [2.05, 4.69) is 60.7 Å². The first-order valence-corrected chi connectivity index (χ1v) is 8.32. The number of nitrogens with zero attached hydrogens (tertiary/aromatic N) is 1. The molecule has 1 fully saturated rings. The van der Waals surface area contributed by atoms with Crippen LogP contribution in [-0.2, 0) is 0 Å². The zero-order valence-corrected chi connectivity index (χ0v) is 13.0. The molecule has 1 aromatic carbocycles. The van der Waals surface area contributed by atoms with Gasteiger partial charge >= 0.3 is 0 Å². The van der Waals surface area contributed by atoms with Gasteiger partial charge in [-0.05, 0) is 43.7 Å². The largest absolute Gasteiger partial charge is 0.309 e. The first-order valence-electron chi connectivity index (χ1n) is 7.50. The first kappa shape index (κ1) is 13.8. The van der Waals surface area contributed by atoms with Crippen molar-refractivity contribution in [2.45, 2.75) is 38.6 Å². The Morgan fingerprint density at radius 2 is 2.15 bits per heavy atom. The molecule has 1 heterocycles. The highest BCUT2D eigenvalue weighted by Crippen LogP contribution is 2.54. The second-order valence-corrected chi connectivity index (χ2v) is 6.90. The Morgan fingerprint density at radius 3 is 2.80 bits per heavy atom. The lowest BCUT2D eigenvalue weighted by atomic mass is 10.0. The number of aromatic nitrogens is 1. The van der Waals surface area contributed by atoms with E-state index >= 15 is 0 Å². The van der Waals surface area contributed by atoms with Crippen molar-refractivity contribution in [2.24, 2.45) is 5.92 Å². The van der Waals surface area contributed by atoms with Crippen LogP contribution in [-0.4, -0.2) is 11.5 Å². The number of aryl methyl sites for hydroxylation is 1. The van der Waals surface area contributed by atoms with E-state index in [1.165, 1.54) is 28.3 Å². The van der Waals surface area contributed by atoms with Crippen LogP contribution in [0, 0.1) is 12.8 Å². The molecule has 3 atom stereocenters. The summed E-state index contributed by atoms with van der Waals surface area (Å²) in [6.45, 7) is 5.40. The summed E-state index contributed by atoms with van der Waals surface area (Å²) in [6, 6.07) is 11.4. The standard InChI is InChI=1S/C17H22N2S/c1-3-9-18-17(16-11-19-12(2)20-16)15-10-14(15)13-7-5-4-6-8-13/h4-8,11,14-15,17-18H,3,9-10H2,1-2H3. The van der Waals surface area contributed by atoms with Gasteiger partial charge in [0.1, 0.15) is 0 Å². The van der Waals surface area contributed by atoms with E-state index in [4.69, 9.17) is 0 Å². The van der Waals surface area contributed by atoms with Crippen molar-refractivity contribution in [3.05, 3.63) is 52.0 Å². The molecule has 106 valence electrons. The average Bonchev–Trinajstić information content (AvgIpc) is 3.15. The molecule has 20 heavy (non-hydrogen) atoms. The van der Waals surface area contributed by atoms with Gasteiger partial charge in [0.05, 0.1) is 5.01 Å². The fourth-order valence-electron chi connectivity index (χ4n) is 2.95. The maximum absolute atomic E-state index is 4.43. The minimum Gasteiger partial charge on any atom is -0.309 e. The van der Waals surface area contributed by atoms with Crippen molar-refractivity contribution >= 4 is 11.3 Å². The third kappa shape index (κ3) is 2.94. The quantitative estimate of drug-likeness (QED) is 0.856. The summed E-state index contributed by atoms with van der Waals surface area (Å²) in [5, 5.41) is 4.90. The van der Waals surface area contributed by atoms with E-state index in [1.54, 1.807) is 0 Å². The lowest BCUT2D eigenvalue weighted by molar-refractivity contribution is 0.479. The highest BCUT2D eigenvalue weighted by atomic mass is 32.1. The summed E-state index contributed by atoms with van der Waals surface area (Å²) >= 11 is 1.84. The Morgan fingerprint density at radius 1 is 1.35 bits per heavy atom. The smallest absolute Gasteiger partial charge is 0.0897 e. The number of hydrogen-bond donors (Lipinski definition) is 1. The third-order valence-corrected chi connectivity index (χ3v) is 5.05. The first-order chi connectivity index (χ1) is 9.79. The molecule has 3 rings (SSSR count). The van der Waals surface area contributed by atoms with Gasteiger partial charge in [0.2, 0.25) is 0 Å². The molecule has 1 aliphatic rings. The second kappa shape index (κ2) is 6.06. The summed E-state index contributed by atoms with van der Waals surface area (Å²) in [4.78, 5) is 5.83. The van der Waals surface area contributed by atoms with Crippen LogP contribution in [0.1, 0.15) is 47.2 Å². The molecule has 3 unspecified atom stereocenters. The van der Waals surface area contributed by atoms with Crippen molar-refractivity contribution in [3.8, 4) is 0 Å². The molecule has 1 aromatic heterocycles. The minimum absolute atomic E-state index is 0.478. The van der Waals surface area contributed by atoms with Gasteiger partial charge in [-0.15, -0.1) is 11.3 Å². The van der Waals surface area contributed by atoms with Crippen LogP contribution < -0.4 is 5.32 Å². The number of thiazole rings is 1. The van der Waals surface area contributed by atoms with Gasteiger partial charge in [-0.2, -0.15) is 0 Å². The van der Waals surface area contributed by atoms with Crippen LogP contribution in [0.5, 0.6) is 0 Å². The molecule has 1 N–H and O–H groups in total. The molecule has 0 radical (unpaired) electrons. The highest BCUT2D eigenvalue weighted by Gasteiger charge is 2.44. The maximum Gasteiger partial charge on any atom is 0.0897 e. The van der Waals surface area contributed by atoms with Gasteiger partial charge in [-0.25, -0.2) is 4.98 Å². The number of rotatable bonds is 6. The van der Waals surface area contributed by atoms with Crippen LogP contribution >= 0.6 is 11.3 Å². The molecule has 0 bridgehead atoms. The Labute approximate surface area is 125 Å². The molecular weight excluding hydrogens is 264 g/mol. The Bertz CT molecular complexity index is 549. The highest BCUT2D eigenvalue weighted by molar-refractivity contribution is 7.11. The lowest BCUT2D eigenvalue weighted by Gasteiger charge is -2.17. The monoisotopic (exact) mass is 286 g/mol. The number of hydrogen-bond acceptors (Lipinski definition) is 3. The topological polar surface area (TPSA) is 24.9 Å². The molecular formula is C17H22N2S. The Balaban J connectivity index is 1.74. The summed E-state index contributed by atoms with van der Waals surface area (Å²) < 4.78 is 0. The van der Waals surface area contributed by atoms with Crippen molar-refractivity contribution < 1.29 is 0 Å². The molecule has 2 aromatic rings. The van der Waals surface area contributed by atoms with Crippen molar-refractivity contribution in [1.82, 2.24) is 10.3 Å². The van der Waals surface area contributed by atoms with Crippen molar-refractivity contribution in [3.63, 3.8) is 0 Å². The van der Waals surface area contributed by atoms with E-state index in [0.29, 0.717) is 12.0 Å². The van der Waals surface area contributed by atoms with Gasteiger partial charge in [0.25, 0.3) is 0 Å². The van der Waals surface area contributed by atoms with Gasteiger partial charge in [0.15, 0.2) is 0 Å². The van der Waals surface area contributed by atoms with Gasteiger partial charge in [-0.3, -0.25) is 0 Å². The normalized spacial score (nSPS) is 22.7. The van der Waals surface area contributed by atoms with E-state index in [-0.39, 0.29) is 0 Å². The van der Waals surface area contributed by atoms with Gasteiger partial charge in [-0.1, -0.05) is 37.3 Å². The van der Waals surface area contributed by atoms with Crippen LogP contribution in [0.4, 0.5) is 0 Å². The third-order valence-electron chi connectivity index (χ3n) is 4.06. The summed E-state index contributed by atoms with van der Waals surface area (Å²) in [7, 11) is 0. The molecule has 1 saturated carbocycles. The zero-order valence-electron chi connectivity index (χ0n) is 12.2. The van der Waals surface area contributed by atoms with Gasteiger partial charge in [0, 0.05) is 17.1 Å². The van der Waals surface area contributed by atoms with E-state index < -0.39 is 0 Å². The molecule has 0 spiro atoms. The van der Waals surface area contributed by atoms with E-state index in [1.807, 2.05) is 11.3 Å². The molecule has 2 nitrogen and oxygen atoms in total. The minimum atomic E-state index is 0.478. The maximum atomic E-state index is 4.43. The van der Waals surface area contributed by atoms with Crippen LogP contribution in [0.15, 0.2) is 36.5 Å². The number of benzene rings is 1. The van der Waals surface area contributed by atoms with Crippen LogP contribution in [0.2, 0.25) is 0 Å². The average molecular weight is 286 g/mol. The second-order valence-electron chi connectivity index (χ2n) is 5.63. The van der Waals surface area contributed by atoms with Crippen molar-refractivity contribution in [2.75, 3.05) is 6.54 Å². The molecule has 3 heteroatoms. The Hall–Kier alpha value is -1.19. The Kier molecular flexibility index (Phi) is 4.18. The molecule has 0 aliphatic heterocycles. The fraction of sp³-hybridized carbons (Fsp3) is 0.471. The van der Waals surface area contributed by atoms with Crippen LogP contribution in [0.25, 0.3) is 0 Å². The summed E-state index contributed by atoms with van der Waals surface area (Å²) in [5.41, 5.74) is 1.49. The van der Waals surface area contributed by atoms with Crippen LogP contribution in [0.3, 0.4) is 0 Å². The molecule has 0 amide bonds. The van der Waals surface area contributed by atoms with Gasteiger partial charge < -0.3 is 5.32 Å². The van der Waals surface area contributed by atoms with E-state index in [0.717, 1.165) is 12.5 Å². The fourth-order valence-corrected chi connectivity index (χ4v) is 3.89. The lowest BCUT2D eigenvalue weighted by Crippen LogP contribution is -2.23.